The van der Waals surface area contributed by atoms with Gasteiger partial charge in [-0.1, -0.05) is 11.6 Å². The summed E-state index contributed by atoms with van der Waals surface area (Å²) in [6.45, 7) is 0.938. The molecule has 0 saturated carbocycles. The Morgan fingerprint density at radius 3 is 2.87 bits per heavy atom. The molecule has 0 fully saturated rings. The van der Waals surface area contributed by atoms with E-state index in [1.54, 1.807) is 30.4 Å². The molecule has 1 aromatic heterocycles. The molecule has 0 saturated heterocycles. The van der Waals surface area contributed by atoms with Crippen molar-refractivity contribution >= 4 is 17.5 Å². The molecule has 0 N–H and O–H groups in total. The molecule has 1 heterocycles. The first-order valence-corrected chi connectivity index (χ1v) is 7.35. The molecule has 7 heteroatoms. The summed E-state index contributed by atoms with van der Waals surface area (Å²) in [4.78, 5) is 13.9. The Labute approximate surface area is 138 Å². The van der Waals surface area contributed by atoms with Crippen LogP contribution >= 0.6 is 11.6 Å². The van der Waals surface area contributed by atoms with Crippen LogP contribution in [0.25, 0.3) is 0 Å². The zero-order valence-electron chi connectivity index (χ0n) is 12.6. The van der Waals surface area contributed by atoms with Crippen molar-refractivity contribution in [3.05, 3.63) is 53.2 Å². The molecule has 1 amide bonds. The zero-order chi connectivity index (χ0) is 16.7. The SMILES string of the molecule is COCCN(Cc1ccco1)C(=O)COc1ccc(F)c(Cl)c1. The minimum absolute atomic E-state index is 0.0539. The highest BCUT2D eigenvalue weighted by Crippen LogP contribution is 2.21. The number of benzene rings is 1. The van der Waals surface area contributed by atoms with Gasteiger partial charge in [0.1, 0.15) is 17.3 Å². The maximum Gasteiger partial charge on any atom is 0.260 e. The van der Waals surface area contributed by atoms with E-state index < -0.39 is 5.82 Å². The van der Waals surface area contributed by atoms with Gasteiger partial charge in [-0.25, -0.2) is 4.39 Å². The maximum atomic E-state index is 13.1. The van der Waals surface area contributed by atoms with Gasteiger partial charge in [0.25, 0.3) is 5.91 Å². The minimum atomic E-state index is -0.537. The smallest absolute Gasteiger partial charge is 0.260 e. The van der Waals surface area contributed by atoms with Gasteiger partial charge in [0.05, 0.1) is 24.4 Å². The highest BCUT2D eigenvalue weighted by Gasteiger charge is 2.16. The van der Waals surface area contributed by atoms with Crippen LogP contribution in [0.1, 0.15) is 5.76 Å². The molecule has 23 heavy (non-hydrogen) atoms. The van der Waals surface area contributed by atoms with Crippen LogP contribution in [0.2, 0.25) is 5.02 Å². The Morgan fingerprint density at radius 2 is 2.22 bits per heavy atom. The van der Waals surface area contributed by atoms with E-state index in [0.29, 0.717) is 31.2 Å². The van der Waals surface area contributed by atoms with Crippen molar-refractivity contribution in [2.45, 2.75) is 6.54 Å². The van der Waals surface area contributed by atoms with Gasteiger partial charge < -0.3 is 18.8 Å². The van der Waals surface area contributed by atoms with Gasteiger partial charge in [-0.05, 0) is 24.3 Å². The second kappa shape index (κ2) is 8.55. The van der Waals surface area contributed by atoms with E-state index in [-0.39, 0.29) is 17.5 Å². The number of carbonyl (C=O) groups excluding carboxylic acids is 1. The Balaban J connectivity index is 1.94. The van der Waals surface area contributed by atoms with Crippen LogP contribution in [0, 0.1) is 5.82 Å². The summed E-state index contributed by atoms with van der Waals surface area (Å²) in [5.74, 6) is 0.220. The van der Waals surface area contributed by atoms with Crippen LogP contribution < -0.4 is 4.74 Å². The molecule has 1 aromatic carbocycles. The van der Waals surface area contributed by atoms with Gasteiger partial charge in [0, 0.05) is 19.7 Å². The van der Waals surface area contributed by atoms with Gasteiger partial charge >= 0.3 is 0 Å². The van der Waals surface area contributed by atoms with Crippen molar-refractivity contribution in [2.24, 2.45) is 0 Å². The fourth-order valence-corrected chi connectivity index (χ4v) is 2.06. The third-order valence-corrected chi connectivity index (χ3v) is 3.39. The number of halogens is 2. The summed E-state index contributed by atoms with van der Waals surface area (Å²) >= 11 is 5.68. The van der Waals surface area contributed by atoms with E-state index in [0.717, 1.165) is 0 Å². The summed E-state index contributed by atoms with van der Waals surface area (Å²) < 4.78 is 28.7. The Kier molecular flexibility index (Phi) is 6.43. The van der Waals surface area contributed by atoms with Crippen molar-refractivity contribution in [3.8, 4) is 5.75 Å². The molecule has 0 aliphatic carbocycles. The summed E-state index contributed by atoms with van der Waals surface area (Å²) in [6.07, 6.45) is 1.55. The predicted octanol–water partition coefficient (Wildman–Crippen LogP) is 3.13. The molecule has 0 aliphatic heterocycles. The second-order valence-electron chi connectivity index (χ2n) is 4.75. The van der Waals surface area contributed by atoms with Crippen LogP contribution in [0.4, 0.5) is 4.39 Å². The monoisotopic (exact) mass is 341 g/mol. The number of hydrogen-bond acceptors (Lipinski definition) is 4. The van der Waals surface area contributed by atoms with E-state index >= 15 is 0 Å². The predicted molar refractivity (Wildman–Crippen MR) is 82.9 cm³/mol. The molecule has 0 unspecified atom stereocenters. The van der Waals surface area contributed by atoms with E-state index in [2.05, 4.69) is 0 Å². The third kappa shape index (κ3) is 5.26. The Bertz CT molecular complexity index is 633. The summed E-state index contributed by atoms with van der Waals surface area (Å²) in [5, 5.41) is -0.0539. The fraction of sp³-hybridized carbons (Fsp3) is 0.312. The average Bonchev–Trinajstić information content (AvgIpc) is 3.05. The standard InChI is InChI=1S/C16H17ClFNO4/c1-21-8-6-19(10-13-3-2-7-22-13)16(20)11-23-12-4-5-15(18)14(17)9-12/h2-5,7,9H,6,8,10-11H2,1H3. The Morgan fingerprint density at radius 1 is 1.39 bits per heavy atom. The average molecular weight is 342 g/mol. The minimum Gasteiger partial charge on any atom is -0.484 e. The summed E-state index contributed by atoms with van der Waals surface area (Å²) in [6, 6.07) is 7.48. The Hall–Kier alpha value is -2.05. The number of amides is 1. The van der Waals surface area contributed by atoms with E-state index in [1.165, 1.54) is 18.2 Å². The lowest BCUT2D eigenvalue weighted by atomic mass is 10.3. The molecule has 0 radical (unpaired) electrons. The van der Waals surface area contributed by atoms with Crippen molar-refractivity contribution in [2.75, 3.05) is 26.9 Å². The van der Waals surface area contributed by atoms with Gasteiger partial charge in [0.15, 0.2) is 6.61 Å². The van der Waals surface area contributed by atoms with Crippen LogP contribution in [-0.2, 0) is 16.1 Å². The fourth-order valence-electron chi connectivity index (χ4n) is 1.89. The van der Waals surface area contributed by atoms with Crippen molar-refractivity contribution in [1.29, 1.82) is 0 Å². The van der Waals surface area contributed by atoms with E-state index in [4.69, 9.17) is 25.5 Å². The largest absolute Gasteiger partial charge is 0.484 e. The first kappa shape index (κ1) is 17.3. The van der Waals surface area contributed by atoms with Crippen molar-refractivity contribution < 1.29 is 23.1 Å². The van der Waals surface area contributed by atoms with Gasteiger partial charge in [-0.2, -0.15) is 0 Å². The van der Waals surface area contributed by atoms with Crippen LogP contribution in [0.15, 0.2) is 41.0 Å². The maximum absolute atomic E-state index is 13.1. The summed E-state index contributed by atoms with van der Waals surface area (Å²) in [7, 11) is 1.56. The lowest BCUT2D eigenvalue weighted by Crippen LogP contribution is -2.36. The van der Waals surface area contributed by atoms with Gasteiger partial charge in [-0.3, -0.25) is 4.79 Å². The van der Waals surface area contributed by atoms with Crippen LogP contribution in [0.5, 0.6) is 5.75 Å². The third-order valence-electron chi connectivity index (χ3n) is 3.10. The molecular weight excluding hydrogens is 325 g/mol. The number of methoxy groups -OCH3 is 1. The highest BCUT2D eigenvalue weighted by molar-refractivity contribution is 6.30. The van der Waals surface area contributed by atoms with Crippen LogP contribution in [-0.4, -0.2) is 37.7 Å². The molecule has 5 nitrogen and oxygen atoms in total. The van der Waals surface area contributed by atoms with Crippen molar-refractivity contribution in [1.82, 2.24) is 4.90 Å². The van der Waals surface area contributed by atoms with Gasteiger partial charge in [-0.15, -0.1) is 0 Å². The molecule has 0 aliphatic rings. The zero-order valence-corrected chi connectivity index (χ0v) is 13.4. The first-order valence-electron chi connectivity index (χ1n) is 6.97. The number of carbonyl (C=O) groups is 1. The lowest BCUT2D eigenvalue weighted by molar-refractivity contribution is -0.134. The number of rotatable bonds is 8. The van der Waals surface area contributed by atoms with E-state index in [9.17, 15) is 9.18 Å². The quantitative estimate of drug-likeness (QED) is 0.740. The van der Waals surface area contributed by atoms with Crippen LogP contribution in [0.3, 0.4) is 0 Å². The number of nitrogens with zero attached hydrogens (tertiary/aromatic N) is 1. The molecule has 2 rings (SSSR count). The molecule has 124 valence electrons. The van der Waals surface area contributed by atoms with E-state index in [1.807, 2.05) is 0 Å². The lowest BCUT2D eigenvalue weighted by Gasteiger charge is -2.21. The number of furan rings is 1. The molecule has 0 atom stereocenters. The summed E-state index contributed by atoms with van der Waals surface area (Å²) in [5.41, 5.74) is 0. The topological polar surface area (TPSA) is 51.9 Å². The molecule has 0 bridgehead atoms. The number of ether oxygens (including phenoxy) is 2. The highest BCUT2D eigenvalue weighted by atomic mass is 35.5. The molecule has 0 spiro atoms. The number of hydrogen-bond donors (Lipinski definition) is 0. The van der Waals surface area contributed by atoms with Gasteiger partial charge in [0.2, 0.25) is 0 Å². The second-order valence-corrected chi connectivity index (χ2v) is 5.16. The molecule has 2 aromatic rings. The van der Waals surface area contributed by atoms with Crippen molar-refractivity contribution in [3.63, 3.8) is 0 Å². The molecular formula is C16H17ClFNO4. The normalized spacial score (nSPS) is 10.6. The first-order chi connectivity index (χ1) is 11.1.